The molecule has 0 radical (unpaired) electrons. The number of hydrogen-bond donors (Lipinski definition) is 0. The molecule has 0 aliphatic carbocycles. The average Bonchev–Trinajstić information content (AvgIpc) is 2.62. The van der Waals surface area contributed by atoms with Crippen LogP contribution in [0.2, 0.25) is 0 Å². The minimum Gasteiger partial charge on any atom is -1.00 e. The molecule has 3 heterocycles. The van der Waals surface area contributed by atoms with Gasteiger partial charge in [0.25, 0.3) is 0 Å². The Labute approximate surface area is 156 Å². The lowest BCUT2D eigenvalue weighted by molar-refractivity contribution is -0.671. The highest BCUT2D eigenvalue weighted by Gasteiger charge is 2.14. The molecular weight excluding hydrogens is 384 g/mol. The van der Waals surface area contributed by atoms with Crippen molar-refractivity contribution in [1.82, 2.24) is 0 Å². The number of anilines is 1. The van der Waals surface area contributed by atoms with Crippen molar-refractivity contribution in [3.8, 4) is 11.1 Å². The van der Waals surface area contributed by atoms with E-state index in [4.69, 9.17) is 9.15 Å². The predicted octanol–water partition coefficient (Wildman–Crippen LogP) is -0.875. The quantitative estimate of drug-likeness (QED) is 0.412. The second kappa shape index (κ2) is 7.37. The highest BCUT2D eigenvalue weighted by atomic mass is 79.9. The van der Waals surface area contributed by atoms with Gasteiger partial charge in [-0.3, -0.25) is 0 Å². The van der Waals surface area contributed by atoms with E-state index in [2.05, 4.69) is 11.0 Å². The van der Waals surface area contributed by atoms with E-state index in [1.807, 2.05) is 54.3 Å². The molecule has 25 heavy (non-hydrogen) atoms. The number of morpholine rings is 1. The first kappa shape index (κ1) is 17.6. The van der Waals surface area contributed by atoms with E-state index < -0.39 is 0 Å². The number of aryl methyl sites for hydroxylation is 1. The molecule has 2 aromatic heterocycles. The Kier molecular flexibility index (Phi) is 5.20. The van der Waals surface area contributed by atoms with Crippen LogP contribution in [0.25, 0.3) is 22.1 Å². The number of aromatic nitrogens is 1. The molecule has 0 saturated carbocycles. The van der Waals surface area contributed by atoms with E-state index in [1.165, 1.54) is 0 Å². The molecular formula is C19H19BrN2O3. The summed E-state index contributed by atoms with van der Waals surface area (Å²) in [6.07, 6.45) is 3.83. The zero-order valence-corrected chi connectivity index (χ0v) is 15.5. The third-order valence-electron chi connectivity index (χ3n) is 4.39. The largest absolute Gasteiger partial charge is 1.00 e. The number of rotatable bonds is 2. The molecule has 1 fully saturated rings. The molecule has 1 saturated heterocycles. The topological polar surface area (TPSA) is 46.6 Å². The number of fused-ring (bicyclic) bond motifs is 1. The first-order chi connectivity index (χ1) is 11.7. The molecule has 0 N–H and O–H groups in total. The van der Waals surface area contributed by atoms with Crippen LogP contribution in [-0.2, 0) is 11.8 Å². The zero-order chi connectivity index (χ0) is 16.5. The summed E-state index contributed by atoms with van der Waals surface area (Å²) >= 11 is 0. The molecule has 1 aliphatic rings. The van der Waals surface area contributed by atoms with Gasteiger partial charge in [0.1, 0.15) is 12.6 Å². The fraction of sp³-hybridized carbons (Fsp3) is 0.263. The lowest BCUT2D eigenvalue weighted by atomic mass is 10.1. The Hall–Kier alpha value is -2.18. The number of nitrogens with zero attached hydrogens (tertiary/aromatic N) is 2. The normalized spacial score (nSPS) is 14.4. The van der Waals surface area contributed by atoms with Gasteiger partial charge in [-0.1, -0.05) is 0 Å². The van der Waals surface area contributed by atoms with Crippen LogP contribution in [-0.4, -0.2) is 26.3 Å². The maximum atomic E-state index is 12.4. The monoisotopic (exact) mass is 402 g/mol. The summed E-state index contributed by atoms with van der Waals surface area (Å²) < 4.78 is 12.9. The van der Waals surface area contributed by atoms with E-state index in [-0.39, 0.29) is 22.6 Å². The molecule has 0 bridgehead atoms. The first-order valence-corrected chi connectivity index (χ1v) is 8.07. The number of benzene rings is 1. The Morgan fingerprint density at radius 3 is 2.48 bits per heavy atom. The van der Waals surface area contributed by atoms with Crippen molar-refractivity contribution < 1.29 is 30.7 Å². The summed E-state index contributed by atoms with van der Waals surface area (Å²) in [6.45, 7) is 3.17. The Balaban J connectivity index is 0.00000182. The van der Waals surface area contributed by atoms with Gasteiger partial charge in [0.05, 0.1) is 18.8 Å². The summed E-state index contributed by atoms with van der Waals surface area (Å²) in [5, 5.41) is 0.926. The second-order valence-corrected chi connectivity index (χ2v) is 6.02. The van der Waals surface area contributed by atoms with E-state index in [9.17, 15) is 4.79 Å². The Bertz CT molecular complexity index is 932. The summed E-state index contributed by atoms with van der Waals surface area (Å²) in [4.78, 5) is 14.6. The van der Waals surface area contributed by atoms with Crippen molar-refractivity contribution in [3.63, 3.8) is 0 Å². The molecule has 0 spiro atoms. The Morgan fingerprint density at radius 1 is 1.04 bits per heavy atom. The molecule has 1 aliphatic heterocycles. The molecule has 130 valence electrons. The van der Waals surface area contributed by atoms with Gasteiger partial charge in [0, 0.05) is 47.9 Å². The van der Waals surface area contributed by atoms with Crippen LogP contribution < -0.4 is 32.1 Å². The summed E-state index contributed by atoms with van der Waals surface area (Å²) in [7, 11) is 1.94. The number of halogens is 1. The van der Waals surface area contributed by atoms with Crippen LogP contribution in [0, 0.1) is 0 Å². The van der Waals surface area contributed by atoms with Crippen LogP contribution in [0.5, 0.6) is 0 Å². The van der Waals surface area contributed by atoms with Crippen LogP contribution in [0.15, 0.2) is 58.0 Å². The summed E-state index contributed by atoms with van der Waals surface area (Å²) in [5.74, 6) is 0. The van der Waals surface area contributed by atoms with Gasteiger partial charge in [-0.2, -0.15) is 0 Å². The first-order valence-electron chi connectivity index (χ1n) is 8.07. The SMILES string of the molecule is C[n+]1ccc(-c2cc3ccc(N4CCOCC4)cc3oc2=O)cc1.[Br-]. The van der Waals surface area contributed by atoms with E-state index >= 15 is 0 Å². The second-order valence-electron chi connectivity index (χ2n) is 6.02. The minimum absolute atomic E-state index is 0. The van der Waals surface area contributed by atoms with Gasteiger partial charge in [0.2, 0.25) is 0 Å². The van der Waals surface area contributed by atoms with Gasteiger partial charge in [0.15, 0.2) is 12.4 Å². The van der Waals surface area contributed by atoms with Gasteiger partial charge in [-0.15, -0.1) is 0 Å². The smallest absolute Gasteiger partial charge is 0.344 e. The maximum absolute atomic E-state index is 12.4. The van der Waals surface area contributed by atoms with Crippen molar-refractivity contribution >= 4 is 16.7 Å². The lowest BCUT2D eigenvalue weighted by Crippen LogP contribution is -3.00. The highest BCUT2D eigenvalue weighted by Crippen LogP contribution is 2.25. The van der Waals surface area contributed by atoms with Crippen molar-refractivity contribution in [2.75, 3.05) is 31.2 Å². The van der Waals surface area contributed by atoms with Gasteiger partial charge in [-0.25, -0.2) is 9.36 Å². The van der Waals surface area contributed by atoms with E-state index in [0.717, 1.165) is 42.9 Å². The number of hydrogen-bond acceptors (Lipinski definition) is 4. The minimum atomic E-state index is -0.310. The van der Waals surface area contributed by atoms with Crippen molar-refractivity contribution in [3.05, 3.63) is 59.2 Å². The lowest BCUT2D eigenvalue weighted by Gasteiger charge is -2.28. The predicted molar refractivity (Wildman–Crippen MR) is 92.1 cm³/mol. The third kappa shape index (κ3) is 3.60. The molecule has 0 unspecified atom stereocenters. The van der Waals surface area contributed by atoms with Crippen LogP contribution in [0.3, 0.4) is 0 Å². The summed E-state index contributed by atoms with van der Waals surface area (Å²) in [6, 6.07) is 11.8. The zero-order valence-electron chi connectivity index (χ0n) is 13.9. The van der Waals surface area contributed by atoms with Gasteiger partial charge in [-0.05, 0) is 18.2 Å². The fourth-order valence-corrected chi connectivity index (χ4v) is 3.00. The van der Waals surface area contributed by atoms with E-state index in [1.54, 1.807) is 0 Å². The molecule has 1 aromatic carbocycles. The van der Waals surface area contributed by atoms with Crippen LogP contribution >= 0.6 is 0 Å². The van der Waals surface area contributed by atoms with Gasteiger partial charge >= 0.3 is 5.63 Å². The number of ether oxygens (including phenoxy) is 1. The maximum Gasteiger partial charge on any atom is 0.344 e. The molecule has 0 amide bonds. The van der Waals surface area contributed by atoms with Crippen molar-refractivity contribution in [2.24, 2.45) is 7.05 Å². The Morgan fingerprint density at radius 2 is 1.76 bits per heavy atom. The highest BCUT2D eigenvalue weighted by molar-refractivity contribution is 5.84. The number of pyridine rings is 1. The van der Waals surface area contributed by atoms with Gasteiger partial charge < -0.3 is 31.0 Å². The van der Waals surface area contributed by atoms with Crippen molar-refractivity contribution in [1.29, 1.82) is 0 Å². The average molecular weight is 403 g/mol. The molecule has 6 heteroatoms. The van der Waals surface area contributed by atoms with Crippen LogP contribution in [0.4, 0.5) is 5.69 Å². The molecule has 3 aromatic rings. The standard InChI is InChI=1S/C19H19N2O3.BrH/c1-20-6-4-14(5-7-20)17-12-15-2-3-16(13-18(15)24-19(17)22)21-8-10-23-11-9-21;/h2-7,12-13H,8-11H2,1H3;1H/q+1;/p-1. The fourth-order valence-electron chi connectivity index (χ4n) is 3.00. The molecule has 0 atom stereocenters. The van der Waals surface area contributed by atoms with E-state index in [0.29, 0.717) is 11.1 Å². The van der Waals surface area contributed by atoms with Crippen LogP contribution in [0.1, 0.15) is 0 Å². The third-order valence-corrected chi connectivity index (χ3v) is 4.39. The molecule has 4 rings (SSSR count). The molecule has 5 nitrogen and oxygen atoms in total. The summed E-state index contributed by atoms with van der Waals surface area (Å²) in [5.41, 5.74) is 2.82. The van der Waals surface area contributed by atoms with Crippen molar-refractivity contribution in [2.45, 2.75) is 0 Å².